The van der Waals surface area contributed by atoms with Crippen molar-refractivity contribution in [2.45, 2.75) is 25.8 Å². The molecule has 168 valence electrons. The zero-order valence-electron chi connectivity index (χ0n) is 17.4. The monoisotopic (exact) mass is 440 g/mol. The number of tetrazole rings is 1. The molecule has 0 amide bonds. The van der Waals surface area contributed by atoms with Gasteiger partial charge in [0.1, 0.15) is 5.75 Å². The maximum Gasteiger partial charge on any atom is 0.335 e. The minimum absolute atomic E-state index is 0.0567. The third kappa shape index (κ3) is 6.57. The Kier molecular flexibility index (Phi) is 7.81. The van der Waals surface area contributed by atoms with Crippen LogP contribution in [0.15, 0.2) is 48.5 Å². The summed E-state index contributed by atoms with van der Waals surface area (Å²) in [6, 6.07) is 11.5. The molecule has 1 aliphatic heterocycles. The molecule has 1 saturated heterocycles. The number of benzene rings is 2. The Balaban J connectivity index is 0.000000243. The van der Waals surface area contributed by atoms with Gasteiger partial charge in [0.25, 0.3) is 5.69 Å². The number of carboxylic acids is 1. The molecule has 2 aromatic carbocycles. The van der Waals surface area contributed by atoms with E-state index in [2.05, 4.69) is 20.3 Å². The zero-order chi connectivity index (χ0) is 22.9. The first-order valence-corrected chi connectivity index (χ1v) is 10.2. The van der Waals surface area contributed by atoms with Gasteiger partial charge in [-0.25, -0.2) is 4.79 Å². The molecular weight excluding hydrogens is 416 g/mol. The number of hydrogen-bond donors (Lipinski definition) is 2. The highest BCUT2D eigenvalue weighted by atomic mass is 16.6. The fourth-order valence-electron chi connectivity index (χ4n) is 3.20. The van der Waals surface area contributed by atoms with Crippen LogP contribution in [-0.2, 0) is 6.54 Å². The summed E-state index contributed by atoms with van der Waals surface area (Å²) in [7, 11) is 0. The van der Waals surface area contributed by atoms with Crippen LogP contribution in [0.5, 0.6) is 5.75 Å². The fourth-order valence-corrected chi connectivity index (χ4v) is 3.20. The van der Waals surface area contributed by atoms with Crippen molar-refractivity contribution < 1.29 is 19.9 Å². The van der Waals surface area contributed by atoms with Gasteiger partial charge in [0, 0.05) is 24.2 Å². The molecule has 1 aromatic heterocycles. The van der Waals surface area contributed by atoms with Crippen molar-refractivity contribution >= 4 is 11.7 Å². The Bertz CT molecular complexity index is 1030. The topological polar surface area (TPSA) is 148 Å². The zero-order valence-corrected chi connectivity index (χ0v) is 17.4. The Morgan fingerprint density at radius 3 is 2.25 bits per heavy atom. The second-order valence-electron chi connectivity index (χ2n) is 7.27. The lowest BCUT2D eigenvalue weighted by Gasteiger charge is -2.25. The van der Waals surface area contributed by atoms with Gasteiger partial charge >= 0.3 is 5.97 Å². The van der Waals surface area contributed by atoms with Crippen molar-refractivity contribution in [3.8, 4) is 17.1 Å². The Labute approximate surface area is 184 Å². The Morgan fingerprint density at radius 2 is 1.66 bits per heavy atom. The van der Waals surface area contributed by atoms with E-state index in [1.807, 2.05) is 0 Å². The molecule has 4 rings (SSSR count). The largest absolute Gasteiger partial charge is 0.508 e. The summed E-state index contributed by atoms with van der Waals surface area (Å²) in [5.74, 6) is -0.418. The number of nitrogens with zero attached hydrogens (tertiary/aromatic N) is 6. The molecule has 1 aliphatic rings. The van der Waals surface area contributed by atoms with Crippen LogP contribution in [0.4, 0.5) is 5.69 Å². The van der Waals surface area contributed by atoms with Crippen LogP contribution in [0.3, 0.4) is 0 Å². The molecule has 2 heterocycles. The molecule has 0 unspecified atom stereocenters. The van der Waals surface area contributed by atoms with Crippen molar-refractivity contribution in [2.75, 3.05) is 19.6 Å². The van der Waals surface area contributed by atoms with Crippen molar-refractivity contribution in [2.24, 2.45) is 0 Å². The van der Waals surface area contributed by atoms with Crippen LogP contribution in [0, 0.1) is 10.1 Å². The first-order chi connectivity index (χ1) is 15.4. The van der Waals surface area contributed by atoms with Gasteiger partial charge in [-0.15, -0.1) is 10.2 Å². The lowest BCUT2D eigenvalue weighted by molar-refractivity contribution is -0.384. The molecule has 0 atom stereocenters. The van der Waals surface area contributed by atoms with E-state index in [0.717, 1.165) is 25.2 Å². The number of phenolic OH excluding ortho intramolecular Hbond substituents is 1. The first-order valence-electron chi connectivity index (χ1n) is 10.2. The summed E-state index contributed by atoms with van der Waals surface area (Å²) in [5, 5.41) is 40.2. The van der Waals surface area contributed by atoms with Crippen LogP contribution in [0.2, 0.25) is 0 Å². The van der Waals surface area contributed by atoms with Crippen molar-refractivity contribution in [1.29, 1.82) is 0 Å². The number of likely N-dealkylation sites (tertiary alicyclic amines) is 1. The molecule has 11 nitrogen and oxygen atoms in total. The summed E-state index contributed by atoms with van der Waals surface area (Å²) < 4.78 is 0. The van der Waals surface area contributed by atoms with Gasteiger partial charge < -0.3 is 15.1 Å². The number of rotatable bonds is 6. The average molecular weight is 440 g/mol. The molecular formula is C21H24N6O5. The van der Waals surface area contributed by atoms with Crippen molar-refractivity contribution in [3.63, 3.8) is 0 Å². The van der Waals surface area contributed by atoms with Gasteiger partial charge in [0.15, 0.2) is 0 Å². The second kappa shape index (κ2) is 11.0. The SMILES string of the molecule is O=C(O)c1ccc(O)cc1.O=[N+]([O-])c1ccc(-c2nnn(CCN3CCCCC3)n2)cc1. The van der Waals surface area contributed by atoms with Gasteiger partial charge in [-0.05, 0) is 67.5 Å². The quantitative estimate of drug-likeness (QED) is 0.436. The molecule has 0 spiro atoms. The van der Waals surface area contributed by atoms with Gasteiger partial charge in [0.2, 0.25) is 5.82 Å². The third-order valence-electron chi connectivity index (χ3n) is 4.97. The maximum atomic E-state index is 10.6. The fraction of sp³-hybridized carbons (Fsp3) is 0.333. The van der Waals surface area contributed by atoms with E-state index >= 15 is 0 Å². The highest BCUT2D eigenvalue weighted by molar-refractivity contribution is 5.87. The maximum absolute atomic E-state index is 10.6. The van der Waals surface area contributed by atoms with Crippen molar-refractivity contribution in [3.05, 3.63) is 64.2 Å². The molecule has 2 N–H and O–H groups in total. The normalized spacial score (nSPS) is 13.8. The van der Waals surface area contributed by atoms with Crippen LogP contribution in [-0.4, -0.2) is 65.8 Å². The summed E-state index contributed by atoms with van der Waals surface area (Å²) in [5.41, 5.74) is 0.967. The summed E-state index contributed by atoms with van der Waals surface area (Å²) in [6.45, 7) is 3.92. The smallest absolute Gasteiger partial charge is 0.335 e. The van der Waals surface area contributed by atoms with E-state index in [-0.39, 0.29) is 17.0 Å². The number of aromatic carboxylic acids is 1. The highest BCUT2D eigenvalue weighted by Gasteiger charge is 2.12. The van der Waals surface area contributed by atoms with E-state index in [0.29, 0.717) is 12.4 Å². The molecule has 0 radical (unpaired) electrons. The molecule has 0 aliphatic carbocycles. The van der Waals surface area contributed by atoms with E-state index in [1.165, 1.54) is 55.7 Å². The Morgan fingerprint density at radius 1 is 1.00 bits per heavy atom. The van der Waals surface area contributed by atoms with Gasteiger partial charge in [-0.1, -0.05) is 6.42 Å². The first kappa shape index (κ1) is 22.8. The van der Waals surface area contributed by atoms with E-state index in [1.54, 1.807) is 16.9 Å². The van der Waals surface area contributed by atoms with Gasteiger partial charge in [-0.2, -0.15) is 4.80 Å². The van der Waals surface area contributed by atoms with Gasteiger partial charge in [-0.3, -0.25) is 10.1 Å². The number of nitro benzene ring substituents is 1. The van der Waals surface area contributed by atoms with Gasteiger partial charge in [0.05, 0.1) is 17.0 Å². The van der Waals surface area contributed by atoms with E-state index in [4.69, 9.17) is 10.2 Å². The minimum atomic E-state index is -0.986. The third-order valence-corrected chi connectivity index (χ3v) is 4.97. The Hall–Kier alpha value is -3.86. The average Bonchev–Trinajstić information content (AvgIpc) is 3.28. The predicted octanol–water partition coefficient (Wildman–Crippen LogP) is 2.82. The number of non-ortho nitro benzene ring substituents is 1. The van der Waals surface area contributed by atoms with E-state index < -0.39 is 10.9 Å². The molecule has 11 heteroatoms. The summed E-state index contributed by atoms with van der Waals surface area (Å²) in [4.78, 5) is 24.5. The minimum Gasteiger partial charge on any atom is -0.508 e. The summed E-state index contributed by atoms with van der Waals surface area (Å²) in [6.07, 6.45) is 3.85. The van der Waals surface area contributed by atoms with Crippen LogP contribution in [0.1, 0.15) is 29.6 Å². The second-order valence-corrected chi connectivity index (χ2v) is 7.27. The van der Waals surface area contributed by atoms with Crippen LogP contribution in [0.25, 0.3) is 11.4 Å². The standard InChI is InChI=1S/C14H18N6O2.C7H6O3/c21-20(22)13-6-4-12(5-7-13)14-15-17-19(16-14)11-10-18-8-2-1-3-9-18;8-6-3-1-5(2-4-6)7(9)10/h4-7H,1-3,8-11H2;1-4,8H,(H,9,10). The molecule has 1 fully saturated rings. The van der Waals surface area contributed by atoms with Crippen LogP contribution >= 0.6 is 0 Å². The molecule has 0 bridgehead atoms. The highest BCUT2D eigenvalue weighted by Crippen LogP contribution is 2.18. The number of aromatic hydroxyl groups is 1. The van der Waals surface area contributed by atoms with E-state index in [9.17, 15) is 14.9 Å². The molecule has 0 saturated carbocycles. The summed E-state index contributed by atoms with van der Waals surface area (Å²) >= 11 is 0. The number of carboxylic acid groups (broad SMARTS) is 1. The molecule has 32 heavy (non-hydrogen) atoms. The predicted molar refractivity (Wildman–Crippen MR) is 115 cm³/mol. The van der Waals surface area contributed by atoms with Crippen LogP contribution < -0.4 is 0 Å². The lowest BCUT2D eigenvalue weighted by atomic mass is 10.1. The number of phenols is 1. The number of nitro groups is 1. The lowest BCUT2D eigenvalue weighted by Crippen LogP contribution is -2.33. The number of piperidine rings is 1. The number of aromatic nitrogens is 4. The van der Waals surface area contributed by atoms with Crippen molar-refractivity contribution in [1.82, 2.24) is 25.1 Å². The number of hydrogen-bond acceptors (Lipinski definition) is 8. The molecule has 3 aromatic rings. The number of carbonyl (C=O) groups is 1.